The Morgan fingerprint density at radius 2 is 1.84 bits per heavy atom. The number of nitrogens with zero attached hydrogens (tertiary/aromatic N) is 2. The third-order valence-corrected chi connectivity index (χ3v) is 8.07. The number of fused-ring (bicyclic) bond motifs is 1. The summed E-state index contributed by atoms with van der Waals surface area (Å²) in [5.41, 5.74) is 4.69. The van der Waals surface area contributed by atoms with E-state index in [1.54, 1.807) is 13.1 Å². The molecule has 2 amide bonds. The van der Waals surface area contributed by atoms with E-state index in [0.29, 0.717) is 29.7 Å². The molecule has 1 fully saturated rings. The number of aromatic nitrogens is 1. The number of sulfone groups is 1. The Hall–Kier alpha value is -4.05. The predicted molar refractivity (Wildman–Crippen MR) is 153 cm³/mol. The Kier molecular flexibility index (Phi) is 9.39. The van der Waals surface area contributed by atoms with Gasteiger partial charge in [0.15, 0.2) is 9.84 Å². The molecule has 0 saturated carbocycles. The first kappa shape index (κ1) is 31.9. The lowest BCUT2D eigenvalue weighted by Gasteiger charge is -2.33. The van der Waals surface area contributed by atoms with Crippen LogP contribution in [0.4, 0.5) is 28.9 Å². The third kappa shape index (κ3) is 7.87. The first-order chi connectivity index (χ1) is 20.2. The number of hydrogen-bond acceptors (Lipinski definition) is 8. The van der Waals surface area contributed by atoms with E-state index in [2.05, 4.69) is 21.5 Å². The SMILES string of the molecule is COc1cc(S(C)(=O)=O)ccc1NCC(=O)NNC(=O)c1cc2c(N[C@@H]3CCN(C)C[C@@H]3F)cccc2n1CC(F)(F)F. The summed E-state index contributed by atoms with van der Waals surface area (Å²) in [4.78, 5) is 27.3. The summed E-state index contributed by atoms with van der Waals surface area (Å²) in [5.74, 6) is -1.60. The number of piperidine rings is 1. The molecule has 0 aliphatic carbocycles. The number of halogens is 4. The zero-order valence-electron chi connectivity index (χ0n) is 23.6. The molecule has 4 N–H and O–H groups in total. The number of carbonyl (C=O) groups is 2. The number of amides is 2. The number of ether oxygens (including phenoxy) is 1. The van der Waals surface area contributed by atoms with Crippen molar-refractivity contribution < 1.29 is 40.3 Å². The number of alkyl halides is 4. The lowest BCUT2D eigenvalue weighted by atomic mass is 10.0. The Balaban J connectivity index is 1.49. The summed E-state index contributed by atoms with van der Waals surface area (Å²) in [6.45, 7) is -1.01. The van der Waals surface area contributed by atoms with Crippen LogP contribution in [0.2, 0.25) is 0 Å². The maximum Gasteiger partial charge on any atom is 0.406 e. The van der Waals surface area contributed by atoms with E-state index in [1.165, 1.54) is 43.5 Å². The molecule has 2 heterocycles. The molecule has 1 aliphatic heterocycles. The van der Waals surface area contributed by atoms with Crippen molar-refractivity contribution in [2.75, 3.05) is 50.7 Å². The lowest BCUT2D eigenvalue weighted by molar-refractivity contribution is -0.140. The molecule has 0 radical (unpaired) electrons. The minimum Gasteiger partial charge on any atom is -0.495 e. The number of hydrazine groups is 1. The topological polar surface area (TPSA) is 134 Å². The zero-order valence-corrected chi connectivity index (χ0v) is 24.4. The molecule has 1 aliphatic rings. The van der Waals surface area contributed by atoms with Crippen molar-refractivity contribution in [2.24, 2.45) is 0 Å². The highest BCUT2D eigenvalue weighted by atomic mass is 32.2. The molecule has 16 heteroatoms. The number of hydrogen-bond donors (Lipinski definition) is 4. The normalized spacial score (nSPS) is 17.8. The van der Waals surface area contributed by atoms with Crippen molar-refractivity contribution in [3.05, 3.63) is 48.2 Å². The van der Waals surface area contributed by atoms with Crippen molar-refractivity contribution in [2.45, 2.75) is 36.3 Å². The van der Waals surface area contributed by atoms with Crippen LogP contribution in [0.15, 0.2) is 47.4 Å². The highest BCUT2D eigenvalue weighted by Crippen LogP contribution is 2.32. The third-order valence-electron chi connectivity index (χ3n) is 6.96. The monoisotopic (exact) mass is 628 g/mol. The molecule has 11 nitrogen and oxygen atoms in total. The van der Waals surface area contributed by atoms with Crippen LogP contribution in [0.1, 0.15) is 16.9 Å². The summed E-state index contributed by atoms with van der Waals surface area (Å²) in [5, 5.41) is 6.13. The fourth-order valence-corrected chi connectivity index (χ4v) is 5.46. The second kappa shape index (κ2) is 12.7. The second-order valence-corrected chi connectivity index (χ2v) is 12.3. The number of benzene rings is 2. The number of nitrogens with one attached hydrogen (secondary N) is 4. The lowest BCUT2D eigenvalue weighted by Crippen LogP contribution is -2.46. The fourth-order valence-electron chi connectivity index (χ4n) is 4.83. The van der Waals surface area contributed by atoms with Crippen molar-refractivity contribution in [1.29, 1.82) is 0 Å². The zero-order chi connectivity index (χ0) is 31.5. The largest absolute Gasteiger partial charge is 0.495 e. The summed E-state index contributed by atoms with van der Waals surface area (Å²) in [7, 11) is -0.379. The molecule has 4 rings (SSSR count). The Morgan fingerprint density at radius 1 is 1.09 bits per heavy atom. The van der Waals surface area contributed by atoms with Gasteiger partial charge in [-0.05, 0) is 43.8 Å². The van der Waals surface area contributed by atoms with Crippen LogP contribution in [0.5, 0.6) is 5.75 Å². The number of carbonyl (C=O) groups excluding carboxylic acids is 2. The Morgan fingerprint density at radius 3 is 2.49 bits per heavy atom. The molecule has 2 atom stereocenters. The molecular weight excluding hydrogens is 596 g/mol. The molecule has 2 aromatic carbocycles. The quantitative estimate of drug-likeness (QED) is 0.210. The van der Waals surface area contributed by atoms with Gasteiger partial charge in [-0.1, -0.05) is 6.07 Å². The maximum atomic E-state index is 14.7. The van der Waals surface area contributed by atoms with Gasteiger partial charge in [0.2, 0.25) is 0 Å². The van der Waals surface area contributed by atoms with E-state index in [1.807, 2.05) is 4.90 Å². The van der Waals surface area contributed by atoms with Crippen LogP contribution in [0.25, 0.3) is 10.9 Å². The summed E-state index contributed by atoms with van der Waals surface area (Å²) < 4.78 is 84.8. The first-order valence-electron chi connectivity index (χ1n) is 13.2. The van der Waals surface area contributed by atoms with Gasteiger partial charge in [0, 0.05) is 36.5 Å². The average Bonchev–Trinajstić information content (AvgIpc) is 3.29. The van der Waals surface area contributed by atoms with Gasteiger partial charge in [-0.3, -0.25) is 20.4 Å². The average molecular weight is 629 g/mol. The van der Waals surface area contributed by atoms with Gasteiger partial charge in [-0.2, -0.15) is 13.2 Å². The minimum absolute atomic E-state index is 0.00933. The minimum atomic E-state index is -4.67. The van der Waals surface area contributed by atoms with Crippen LogP contribution < -0.4 is 26.2 Å². The highest BCUT2D eigenvalue weighted by molar-refractivity contribution is 7.90. The van der Waals surface area contributed by atoms with Crippen molar-refractivity contribution in [3.8, 4) is 5.75 Å². The molecule has 1 aromatic heterocycles. The Bertz CT molecular complexity index is 1610. The van der Waals surface area contributed by atoms with Gasteiger partial charge in [0.25, 0.3) is 11.8 Å². The number of likely N-dealkylation sites (tertiary alicyclic amines) is 1. The smallest absolute Gasteiger partial charge is 0.406 e. The van der Waals surface area contributed by atoms with Crippen LogP contribution in [-0.4, -0.2) is 88.1 Å². The van der Waals surface area contributed by atoms with Crippen LogP contribution in [0.3, 0.4) is 0 Å². The second-order valence-electron chi connectivity index (χ2n) is 10.3. The number of rotatable bonds is 9. The molecule has 0 bridgehead atoms. The molecule has 234 valence electrons. The molecule has 1 saturated heterocycles. The van der Waals surface area contributed by atoms with E-state index in [4.69, 9.17) is 4.74 Å². The van der Waals surface area contributed by atoms with Gasteiger partial charge >= 0.3 is 6.18 Å². The maximum absolute atomic E-state index is 14.7. The van der Waals surface area contributed by atoms with Gasteiger partial charge in [-0.15, -0.1) is 0 Å². The van der Waals surface area contributed by atoms with E-state index >= 15 is 0 Å². The summed E-state index contributed by atoms with van der Waals surface area (Å²) >= 11 is 0. The first-order valence-corrected chi connectivity index (χ1v) is 15.0. The van der Waals surface area contributed by atoms with E-state index in [0.717, 1.165) is 10.8 Å². The van der Waals surface area contributed by atoms with Gasteiger partial charge in [0.1, 0.15) is 24.2 Å². The van der Waals surface area contributed by atoms with Crippen molar-refractivity contribution in [3.63, 3.8) is 0 Å². The van der Waals surface area contributed by atoms with Crippen molar-refractivity contribution >= 4 is 43.9 Å². The van der Waals surface area contributed by atoms with E-state index in [9.17, 15) is 35.6 Å². The number of anilines is 2. The van der Waals surface area contributed by atoms with Crippen LogP contribution in [0, 0.1) is 0 Å². The van der Waals surface area contributed by atoms with Gasteiger partial charge in [0.05, 0.1) is 35.8 Å². The van der Waals surface area contributed by atoms with Gasteiger partial charge < -0.3 is 24.8 Å². The van der Waals surface area contributed by atoms with Crippen molar-refractivity contribution in [1.82, 2.24) is 20.3 Å². The predicted octanol–water partition coefficient (Wildman–Crippen LogP) is 2.94. The molecule has 3 aromatic rings. The van der Waals surface area contributed by atoms with Crippen LogP contribution in [-0.2, 0) is 21.2 Å². The summed E-state index contributed by atoms with van der Waals surface area (Å²) in [6.07, 6.45) is -4.35. The molecular formula is C27H32F4N6O5S. The highest BCUT2D eigenvalue weighted by Gasteiger charge is 2.32. The van der Waals surface area contributed by atoms with E-state index < -0.39 is 53.1 Å². The standard InChI is InChI=1S/C27H32F4N6O5S/c1-36-10-9-20(18(28)14-36)33-19-5-4-6-22-17(19)12-23(37(22)15-27(29,30)31)26(39)35-34-25(38)13-32-21-8-7-16(43(3,40)41)11-24(21)42-2/h4-8,11-12,18,20,32-33H,9-10,13-15H2,1-3H3,(H,34,38)(H,35,39)/t18-,20+/m0/s1. The van der Waals surface area contributed by atoms with Crippen LogP contribution >= 0.6 is 0 Å². The van der Waals surface area contributed by atoms with E-state index in [-0.39, 0.29) is 28.4 Å². The fraction of sp³-hybridized carbons (Fsp3) is 0.407. The summed E-state index contributed by atoms with van der Waals surface area (Å²) in [6, 6.07) is 9.26. The number of methoxy groups -OCH3 is 1. The van der Waals surface area contributed by atoms with Gasteiger partial charge in [-0.25, -0.2) is 12.8 Å². The molecule has 0 unspecified atom stereocenters. The molecule has 43 heavy (non-hydrogen) atoms. The Labute approximate surface area is 245 Å². The molecule has 0 spiro atoms.